The molecule has 0 bridgehead atoms. The molecule has 1 aliphatic rings. The Morgan fingerprint density at radius 1 is 1.07 bits per heavy atom. The summed E-state index contributed by atoms with van der Waals surface area (Å²) in [5.74, 6) is 2.80. The van der Waals surface area contributed by atoms with E-state index in [0.717, 1.165) is 23.8 Å². The molecule has 15 heavy (non-hydrogen) atoms. The van der Waals surface area contributed by atoms with Gasteiger partial charge in [0.1, 0.15) is 0 Å². The van der Waals surface area contributed by atoms with Crippen LogP contribution in [0.1, 0.15) is 59.3 Å². The van der Waals surface area contributed by atoms with E-state index in [1.165, 1.54) is 38.5 Å². The molecule has 1 fully saturated rings. The summed E-state index contributed by atoms with van der Waals surface area (Å²) in [6, 6.07) is 0.771. The molecule has 1 unspecified atom stereocenters. The van der Waals surface area contributed by atoms with Crippen LogP contribution in [0.2, 0.25) is 0 Å². The predicted octanol–water partition coefficient (Wildman–Crippen LogP) is 3.84. The molecule has 0 saturated heterocycles. The van der Waals surface area contributed by atoms with Crippen LogP contribution in [0.15, 0.2) is 0 Å². The molecule has 0 spiro atoms. The SMILES string of the molecule is CCC(CC)C(NC)C1CCC(C)CC1. The molecule has 1 saturated carbocycles. The van der Waals surface area contributed by atoms with Crippen molar-refractivity contribution in [2.45, 2.75) is 65.3 Å². The Labute approximate surface area is 96.0 Å². The maximum absolute atomic E-state index is 3.59. The average Bonchev–Trinajstić information content (AvgIpc) is 2.27. The first-order chi connectivity index (χ1) is 7.22. The molecule has 0 amide bonds. The van der Waals surface area contributed by atoms with Crippen LogP contribution in [0.4, 0.5) is 0 Å². The molecule has 90 valence electrons. The maximum Gasteiger partial charge on any atom is 0.0120 e. The summed E-state index contributed by atoms with van der Waals surface area (Å²) in [5, 5.41) is 3.59. The molecule has 1 N–H and O–H groups in total. The Bertz CT molecular complexity index is 155. The van der Waals surface area contributed by atoms with Crippen LogP contribution in [0.5, 0.6) is 0 Å². The zero-order chi connectivity index (χ0) is 11.3. The minimum absolute atomic E-state index is 0.771. The van der Waals surface area contributed by atoms with Gasteiger partial charge < -0.3 is 5.32 Å². The van der Waals surface area contributed by atoms with Crippen molar-refractivity contribution in [3.8, 4) is 0 Å². The number of hydrogen-bond acceptors (Lipinski definition) is 1. The van der Waals surface area contributed by atoms with Gasteiger partial charge in [-0.2, -0.15) is 0 Å². The monoisotopic (exact) mass is 211 g/mol. The third-order valence-electron chi connectivity index (χ3n) is 4.46. The van der Waals surface area contributed by atoms with Crippen molar-refractivity contribution < 1.29 is 0 Å². The highest BCUT2D eigenvalue weighted by molar-refractivity contribution is 4.84. The second kappa shape index (κ2) is 6.52. The fourth-order valence-electron chi connectivity index (χ4n) is 3.30. The van der Waals surface area contributed by atoms with E-state index in [1.807, 2.05) is 0 Å². The molecule has 0 heterocycles. The van der Waals surface area contributed by atoms with E-state index in [1.54, 1.807) is 0 Å². The lowest BCUT2D eigenvalue weighted by Gasteiger charge is -2.36. The molecule has 1 nitrogen and oxygen atoms in total. The lowest BCUT2D eigenvalue weighted by atomic mass is 9.74. The van der Waals surface area contributed by atoms with Gasteiger partial charge in [-0.25, -0.2) is 0 Å². The summed E-state index contributed by atoms with van der Waals surface area (Å²) in [6.07, 6.45) is 8.44. The standard InChI is InChI=1S/C14H29N/c1-5-12(6-2)14(15-4)13-9-7-11(3)8-10-13/h11-15H,5-10H2,1-4H3. The molecule has 0 aromatic carbocycles. The van der Waals surface area contributed by atoms with E-state index in [-0.39, 0.29) is 0 Å². The molecule has 0 aromatic heterocycles. The summed E-state index contributed by atoms with van der Waals surface area (Å²) in [4.78, 5) is 0. The first-order valence-corrected chi connectivity index (χ1v) is 6.90. The molecule has 0 aliphatic heterocycles. The van der Waals surface area contributed by atoms with E-state index in [4.69, 9.17) is 0 Å². The van der Waals surface area contributed by atoms with E-state index in [0.29, 0.717) is 0 Å². The lowest BCUT2D eigenvalue weighted by Crippen LogP contribution is -2.41. The smallest absolute Gasteiger partial charge is 0.0120 e. The van der Waals surface area contributed by atoms with E-state index in [9.17, 15) is 0 Å². The Kier molecular flexibility index (Phi) is 5.66. The van der Waals surface area contributed by atoms with Crippen LogP contribution < -0.4 is 5.32 Å². The van der Waals surface area contributed by atoms with E-state index < -0.39 is 0 Å². The third-order valence-corrected chi connectivity index (χ3v) is 4.46. The summed E-state index contributed by atoms with van der Waals surface area (Å²) in [6.45, 7) is 7.08. The Hall–Kier alpha value is -0.0400. The molecular weight excluding hydrogens is 182 g/mol. The van der Waals surface area contributed by atoms with Crippen LogP contribution in [-0.2, 0) is 0 Å². The van der Waals surface area contributed by atoms with Gasteiger partial charge >= 0.3 is 0 Å². The minimum atomic E-state index is 0.771. The highest BCUT2D eigenvalue weighted by Crippen LogP contribution is 2.34. The van der Waals surface area contributed by atoms with Gasteiger partial charge in [-0.15, -0.1) is 0 Å². The summed E-state index contributed by atoms with van der Waals surface area (Å²) < 4.78 is 0. The van der Waals surface area contributed by atoms with Crippen molar-refractivity contribution in [2.24, 2.45) is 17.8 Å². The quantitative estimate of drug-likeness (QED) is 0.728. The normalized spacial score (nSPS) is 29.4. The minimum Gasteiger partial charge on any atom is -0.316 e. The molecule has 1 heteroatoms. The first-order valence-electron chi connectivity index (χ1n) is 6.90. The molecule has 1 rings (SSSR count). The van der Waals surface area contributed by atoms with Gasteiger partial charge in [0, 0.05) is 6.04 Å². The maximum atomic E-state index is 3.59. The van der Waals surface area contributed by atoms with Crippen molar-refractivity contribution in [3.63, 3.8) is 0 Å². The van der Waals surface area contributed by atoms with Crippen molar-refractivity contribution >= 4 is 0 Å². The van der Waals surface area contributed by atoms with Crippen LogP contribution in [0.25, 0.3) is 0 Å². The second-order valence-corrected chi connectivity index (χ2v) is 5.41. The van der Waals surface area contributed by atoms with Crippen LogP contribution in [0, 0.1) is 17.8 Å². The van der Waals surface area contributed by atoms with Crippen molar-refractivity contribution in [3.05, 3.63) is 0 Å². The highest BCUT2D eigenvalue weighted by Gasteiger charge is 2.28. The van der Waals surface area contributed by atoms with Gasteiger partial charge in [-0.3, -0.25) is 0 Å². The van der Waals surface area contributed by atoms with Gasteiger partial charge in [0.15, 0.2) is 0 Å². The molecule has 1 aliphatic carbocycles. The summed E-state index contributed by atoms with van der Waals surface area (Å²) >= 11 is 0. The fraction of sp³-hybridized carbons (Fsp3) is 1.00. The van der Waals surface area contributed by atoms with Crippen molar-refractivity contribution in [1.82, 2.24) is 5.32 Å². The lowest BCUT2D eigenvalue weighted by molar-refractivity contribution is 0.183. The van der Waals surface area contributed by atoms with Gasteiger partial charge in [0.05, 0.1) is 0 Å². The average molecular weight is 211 g/mol. The molecule has 1 atom stereocenters. The highest BCUT2D eigenvalue weighted by atomic mass is 14.9. The fourth-order valence-corrected chi connectivity index (χ4v) is 3.30. The van der Waals surface area contributed by atoms with Crippen LogP contribution in [-0.4, -0.2) is 13.1 Å². The van der Waals surface area contributed by atoms with Gasteiger partial charge in [-0.05, 0) is 37.6 Å². The number of hydrogen-bond donors (Lipinski definition) is 1. The van der Waals surface area contributed by atoms with E-state index >= 15 is 0 Å². The molecule has 0 aromatic rings. The first kappa shape index (κ1) is 13.0. The molecular formula is C14H29N. The molecule has 0 radical (unpaired) electrons. The van der Waals surface area contributed by atoms with Crippen molar-refractivity contribution in [2.75, 3.05) is 7.05 Å². The topological polar surface area (TPSA) is 12.0 Å². The van der Waals surface area contributed by atoms with Gasteiger partial charge in [0.25, 0.3) is 0 Å². The van der Waals surface area contributed by atoms with Gasteiger partial charge in [-0.1, -0.05) is 46.5 Å². The summed E-state index contributed by atoms with van der Waals surface area (Å²) in [5.41, 5.74) is 0. The van der Waals surface area contributed by atoms with Gasteiger partial charge in [0.2, 0.25) is 0 Å². The number of rotatable bonds is 5. The Balaban J connectivity index is 2.50. The third kappa shape index (κ3) is 3.48. The Morgan fingerprint density at radius 2 is 1.60 bits per heavy atom. The zero-order valence-electron chi connectivity index (χ0n) is 11.1. The number of nitrogens with one attached hydrogen (secondary N) is 1. The zero-order valence-corrected chi connectivity index (χ0v) is 11.1. The Morgan fingerprint density at radius 3 is 2.00 bits per heavy atom. The van der Waals surface area contributed by atoms with Crippen LogP contribution >= 0.6 is 0 Å². The van der Waals surface area contributed by atoms with E-state index in [2.05, 4.69) is 33.1 Å². The van der Waals surface area contributed by atoms with Crippen molar-refractivity contribution in [1.29, 1.82) is 0 Å². The van der Waals surface area contributed by atoms with Crippen LogP contribution in [0.3, 0.4) is 0 Å². The predicted molar refractivity (Wildman–Crippen MR) is 68.0 cm³/mol. The largest absolute Gasteiger partial charge is 0.316 e. The summed E-state index contributed by atoms with van der Waals surface area (Å²) in [7, 11) is 2.15. The second-order valence-electron chi connectivity index (χ2n) is 5.41.